The summed E-state index contributed by atoms with van der Waals surface area (Å²) in [5.74, 6) is 1.73. The Kier molecular flexibility index (Phi) is 7.63. The van der Waals surface area contributed by atoms with E-state index in [1.807, 2.05) is 109 Å². The fourth-order valence-electron chi connectivity index (χ4n) is 3.97. The zero-order valence-corrected chi connectivity index (χ0v) is 23.3. The van der Waals surface area contributed by atoms with Crippen LogP contribution in [0.25, 0.3) is 22.3 Å². The van der Waals surface area contributed by atoms with Crippen LogP contribution in [0.3, 0.4) is 0 Å². The minimum Gasteiger partial charge on any atom is -0.424 e. The van der Waals surface area contributed by atoms with Crippen LogP contribution in [0.2, 0.25) is 0 Å². The number of rotatable bonds is 8. The molecule has 0 fully saturated rings. The van der Waals surface area contributed by atoms with Crippen molar-refractivity contribution in [3.63, 3.8) is 0 Å². The highest BCUT2D eigenvalue weighted by Crippen LogP contribution is 2.30. The zero-order chi connectivity index (χ0) is 27.1. The third-order valence-corrected chi connectivity index (χ3v) is 6.66. The molecular weight excluding hydrogens is 613 g/mol. The number of ether oxygens (including phenoxy) is 3. The number of halogens is 1. The van der Waals surface area contributed by atoms with E-state index >= 15 is 0 Å². The highest BCUT2D eigenvalue weighted by atomic mass is 127. The van der Waals surface area contributed by atoms with Gasteiger partial charge in [0.15, 0.2) is 0 Å². The molecule has 1 aromatic heterocycles. The van der Waals surface area contributed by atoms with Gasteiger partial charge in [-0.2, -0.15) is 0 Å². The number of aromatic nitrogens is 3. The topological polar surface area (TPSA) is 66.4 Å². The molecule has 0 radical (unpaired) electrons. The predicted molar refractivity (Wildman–Crippen MR) is 163 cm³/mol. The van der Waals surface area contributed by atoms with Crippen LogP contribution >= 0.6 is 22.6 Å². The van der Waals surface area contributed by atoms with Gasteiger partial charge in [0.25, 0.3) is 0 Å². The molecule has 0 spiro atoms. The Morgan fingerprint density at radius 3 is 1.00 bits per heavy atom. The summed E-state index contributed by atoms with van der Waals surface area (Å²) in [7, 11) is 0. The smallest absolute Gasteiger partial charge is 0.331 e. The molecule has 5 aromatic carbocycles. The van der Waals surface area contributed by atoms with Gasteiger partial charge in [-0.15, -0.1) is 15.0 Å². The van der Waals surface area contributed by atoms with Gasteiger partial charge in [0, 0.05) is 3.57 Å². The maximum Gasteiger partial charge on any atom is 0.331 e. The average molecular weight is 635 g/mol. The molecular formula is C33H22IN3O3. The lowest BCUT2D eigenvalue weighted by Crippen LogP contribution is -2.01. The molecule has 0 N–H and O–H groups in total. The van der Waals surface area contributed by atoms with Gasteiger partial charge in [-0.1, -0.05) is 84.9 Å². The molecule has 0 saturated heterocycles. The van der Waals surface area contributed by atoms with Gasteiger partial charge in [-0.05, 0) is 93.4 Å². The molecule has 1 heterocycles. The van der Waals surface area contributed by atoms with Gasteiger partial charge in [-0.3, -0.25) is 0 Å². The molecule has 0 atom stereocenters. The summed E-state index contributed by atoms with van der Waals surface area (Å²) < 4.78 is 19.0. The van der Waals surface area contributed by atoms with Crippen LogP contribution in [0.5, 0.6) is 35.3 Å². The van der Waals surface area contributed by atoms with E-state index < -0.39 is 0 Å². The molecule has 194 valence electrons. The van der Waals surface area contributed by atoms with Gasteiger partial charge < -0.3 is 14.2 Å². The van der Waals surface area contributed by atoms with Crippen molar-refractivity contribution < 1.29 is 14.2 Å². The van der Waals surface area contributed by atoms with E-state index in [0.29, 0.717) is 17.2 Å². The van der Waals surface area contributed by atoms with E-state index in [1.54, 1.807) is 0 Å². The molecule has 6 rings (SSSR count). The fraction of sp³-hybridized carbons (Fsp3) is 0. The quantitative estimate of drug-likeness (QED) is 0.156. The van der Waals surface area contributed by atoms with Crippen molar-refractivity contribution in [2.24, 2.45) is 0 Å². The lowest BCUT2D eigenvalue weighted by molar-refractivity contribution is 0.362. The summed E-state index contributed by atoms with van der Waals surface area (Å²) in [5, 5.41) is 0. The van der Waals surface area contributed by atoms with E-state index in [1.165, 1.54) is 0 Å². The van der Waals surface area contributed by atoms with Gasteiger partial charge in [0.05, 0.1) is 0 Å². The van der Waals surface area contributed by atoms with E-state index in [2.05, 4.69) is 61.8 Å². The van der Waals surface area contributed by atoms with E-state index in [4.69, 9.17) is 14.2 Å². The molecule has 0 bridgehead atoms. The Morgan fingerprint density at radius 2 is 0.650 bits per heavy atom. The molecule has 0 aliphatic heterocycles. The minimum atomic E-state index is 0.0545. The average Bonchev–Trinajstić information content (AvgIpc) is 3.00. The van der Waals surface area contributed by atoms with Crippen LogP contribution in [0, 0.1) is 3.57 Å². The summed E-state index contributed by atoms with van der Waals surface area (Å²) in [6.45, 7) is 0. The first-order valence-electron chi connectivity index (χ1n) is 12.5. The minimum absolute atomic E-state index is 0.0545. The van der Waals surface area contributed by atoms with E-state index in [0.717, 1.165) is 25.8 Å². The first-order chi connectivity index (χ1) is 19.7. The van der Waals surface area contributed by atoms with Gasteiger partial charge >= 0.3 is 18.0 Å². The third-order valence-electron chi connectivity index (χ3n) is 5.94. The summed E-state index contributed by atoms with van der Waals surface area (Å²) in [6.07, 6.45) is 0. The molecule has 6 aromatic rings. The van der Waals surface area contributed by atoms with Crippen LogP contribution in [-0.4, -0.2) is 15.0 Å². The van der Waals surface area contributed by atoms with Crippen molar-refractivity contribution >= 4 is 22.6 Å². The second-order valence-corrected chi connectivity index (χ2v) is 9.97. The van der Waals surface area contributed by atoms with E-state index in [-0.39, 0.29) is 18.0 Å². The Morgan fingerprint density at radius 1 is 0.350 bits per heavy atom. The first-order valence-corrected chi connectivity index (χ1v) is 13.6. The SMILES string of the molecule is Ic1ccc(Oc2nc(Oc3ccc(-c4ccccc4)cc3)nc(Oc3ccc(-c4ccccc4)cc3)n2)cc1. The molecule has 0 saturated carbocycles. The van der Waals surface area contributed by atoms with Crippen molar-refractivity contribution in [2.45, 2.75) is 0 Å². The van der Waals surface area contributed by atoms with Crippen molar-refractivity contribution in [1.82, 2.24) is 15.0 Å². The van der Waals surface area contributed by atoms with E-state index in [9.17, 15) is 0 Å². The van der Waals surface area contributed by atoms with Crippen LogP contribution in [0.4, 0.5) is 0 Å². The molecule has 0 aliphatic carbocycles. The second-order valence-electron chi connectivity index (χ2n) is 8.72. The Bertz CT molecular complexity index is 1590. The van der Waals surface area contributed by atoms with Crippen LogP contribution < -0.4 is 14.2 Å². The molecule has 0 amide bonds. The lowest BCUT2D eigenvalue weighted by atomic mass is 10.1. The fourth-order valence-corrected chi connectivity index (χ4v) is 4.33. The molecule has 6 nitrogen and oxygen atoms in total. The maximum absolute atomic E-state index is 6.00. The first kappa shape index (κ1) is 25.5. The highest BCUT2D eigenvalue weighted by Gasteiger charge is 2.13. The summed E-state index contributed by atoms with van der Waals surface area (Å²) >= 11 is 2.24. The van der Waals surface area contributed by atoms with Gasteiger partial charge in [0.2, 0.25) is 0 Å². The largest absolute Gasteiger partial charge is 0.424 e. The van der Waals surface area contributed by atoms with Crippen molar-refractivity contribution in [3.8, 4) is 57.5 Å². The zero-order valence-electron chi connectivity index (χ0n) is 21.1. The Labute approximate surface area is 245 Å². The van der Waals surface area contributed by atoms with Gasteiger partial charge in [-0.25, -0.2) is 0 Å². The normalized spacial score (nSPS) is 10.6. The van der Waals surface area contributed by atoms with Gasteiger partial charge in [0.1, 0.15) is 17.2 Å². The van der Waals surface area contributed by atoms with Crippen LogP contribution in [-0.2, 0) is 0 Å². The molecule has 0 aliphatic rings. The van der Waals surface area contributed by atoms with Crippen molar-refractivity contribution in [1.29, 1.82) is 0 Å². The Hall–Kier alpha value is -4.76. The number of hydrogen-bond donors (Lipinski definition) is 0. The number of hydrogen-bond acceptors (Lipinski definition) is 6. The second kappa shape index (κ2) is 12.0. The molecule has 0 unspecified atom stereocenters. The highest BCUT2D eigenvalue weighted by molar-refractivity contribution is 14.1. The van der Waals surface area contributed by atoms with Crippen LogP contribution in [0.15, 0.2) is 133 Å². The van der Waals surface area contributed by atoms with Crippen molar-refractivity contribution in [3.05, 3.63) is 137 Å². The standard InChI is InChI=1S/C33H22IN3O3/c34-27-15-21-30(22-16-27)40-33-36-31(38-28-17-11-25(12-18-28)23-7-3-1-4-8-23)35-32(37-33)39-29-19-13-26(14-20-29)24-9-5-2-6-10-24/h1-22H. The number of benzene rings is 5. The Balaban J connectivity index is 1.26. The summed E-state index contributed by atoms with van der Waals surface area (Å²) in [4.78, 5) is 13.1. The third kappa shape index (κ3) is 6.44. The lowest BCUT2D eigenvalue weighted by Gasteiger charge is -2.10. The predicted octanol–water partition coefficient (Wildman–Crippen LogP) is 9.19. The van der Waals surface area contributed by atoms with Crippen molar-refractivity contribution in [2.75, 3.05) is 0 Å². The molecule has 7 heteroatoms. The monoisotopic (exact) mass is 635 g/mol. The maximum atomic E-state index is 6.00. The summed E-state index contributed by atoms with van der Waals surface area (Å²) in [6, 6.07) is 43.4. The van der Waals surface area contributed by atoms with Crippen LogP contribution in [0.1, 0.15) is 0 Å². The summed E-state index contributed by atoms with van der Waals surface area (Å²) in [5.41, 5.74) is 4.40. The number of nitrogens with zero attached hydrogens (tertiary/aromatic N) is 3. The molecule has 40 heavy (non-hydrogen) atoms.